The lowest BCUT2D eigenvalue weighted by Crippen LogP contribution is -2.41. The number of aliphatic carboxylic acids is 1. The summed E-state index contributed by atoms with van der Waals surface area (Å²) in [6.07, 6.45) is 4.04. The van der Waals surface area contributed by atoms with Gasteiger partial charge in [-0.3, -0.25) is 4.79 Å². The van der Waals surface area contributed by atoms with Gasteiger partial charge in [0, 0.05) is 0 Å². The van der Waals surface area contributed by atoms with Crippen molar-refractivity contribution in [2.24, 2.45) is 5.92 Å². The van der Waals surface area contributed by atoms with Gasteiger partial charge >= 0.3 is 5.97 Å². The average Bonchev–Trinajstić information content (AvgIpc) is 3.00. The summed E-state index contributed by atoms with van der Waals surface area (Å²) in [7, 11) is 0. The fourth-order valence-corrected chi connectivity index (χ4v) is 2.40. The molecule has 7 nitrogen and oxygen atoms in total. The third-order valence-corrected chi connectivity index (χ3v) is 3.85. The van der Waals surface area contributed by atoms with E-state index >= 15 is 0 Å². The number of oxazole rings is 1. The molecule has 2 aromatic heterocycles. The number of carbonyl (C=O) groups excluding carboxylic acids is 1. The number of rotatable bonds is 7. The standard InChI is InChI=1S/C16H18N2O5/c1-9-11(18-15(23-9)13-3-2-6-22-13)8-14(19)17-12(16(20)21)7-10-4-5-10/h2-3,6,10,12H,4-5,7-8H2,1H3,(H,17,19)(H,20,21). The molecule has 23 heavy (non-hydrogen) atoms. The Labute approximate surface area is 132 Å². The predicted octanol–water partition coefficient (Wildman–Crippen LogP) is 2.16. The summed E-state index contributed by atoms with van der Waals surface area (Å²) in [5.41, 5.74) is 0.476. The van der Waals surface area contributed by atoms with E-state index < -0.39 is 12.0 Å². The first kappa shape index (κ1) is 15.3. The van der Waals surface area contributed by atoms with E-state index in [2.05, 4.69) is 10.3 Å². The lowest BCUT2D eigenvalue weighted by atomic mass is 10.1. The third kappa shape index (κ3) is 3.80. The number of furan rings is 1. The van der Waals surface area contributed by atoms with Crippen molar-refractivity contribution >= 4 is 11.9 Å². The van der Waals surface area contributed by atoms with Gasteiger partial charge in [0.05, 0.1) is 18.4 Å². The number of carbonyl (C=O) groups is 2. The molecule has 1 unspecified atom stereocenters. The van der Waals surface area contributed by atoms with Gasteiger partial charge in [0.1, 0.15) is 11.8 Å². The Bertz CT molecular complexity index is 700. The van der Waals surface area contributed by atoms with Gasteiger partial charge in [-0.1, -0.05) is 12.8 Å². The number of aromatic nitrogens is 1. The molecule has 1 fully saturated rings. The van der Waals surface area contributed by atoms with Crippen molar-refractivity contribution < 1.29 is 23.5 Å². The molecule has 1 amide bonds. The average molecular weight is 318 g/mol. The van der Waals surface area contributed by atoms with Gasteiger partial charge in [-0.15, -0.1) is 0 Å². The summed E-state index contributed by atoms with van der Waals surface area (Å²) in [6.45, 7) is 1.71. The first-order chi connectivity index (χ1) is 11.0. The maximum absolute atomic E-state index is 12.1. The molecule has 1 atom stereocenters. The third-order valence-electron chi connectivity index (χ3n) is 3.85. The Morgan fingerprint density at radius 1 is 1.48 bits per heavy atom. The van der Waals surface area contributed by atoms with Crippen LogP contribution in [0.2, 0.25) is 0 Å². The molecule has 2 heterocycles. The quantitative estimate of drug-likeness (QED) is 0.810. The molecule has 0 aliphatic heterocycles. The van der Waals surface area contributed by atoms with Crippen LogP contribution in [-0.4, -0.2) is 28.0 Å². The highest BCUT2D eigenvalue weighted by atomic mass is 16.4. The van der Waals surface area contributed by atoms with Gasteiger partial charge in [0.25, 0.3) is 5.89 Å². The molecule has 0 spiro atoms. The van der Waals surface area contributed by atoms with Crippen molar-refractivity contribution in [3.8, 4) is 11.7 Å². The van der Waals surface area contributed by atoms with Crippen LogP contribution in [0, 0.1) is 12.8 Å². The van der Waals surface area contributed by atoms with Crippen molar-refractivity contribution in [2.75, 3.05) is 0 Å². The van der Waals surface area contributed by atoms with Gasteiger partial charge in [0.15, 0.2) is 5.76 Å². The summed E-state index contributed by atoms with van der Waals surface area (Å²) in [4.78, 5) is 27.6. The largest absolute Gasteiger partial charge is 0.480 e. The van der Waals surface area contributed by atoms with Crippen molar-refractivity contribution in [1.29, 1.82) is 0 Å². The molecule has 2 aromatic rings. The Kier molecular flexibility index (Phi) is 4.18. The summed E-state index contributed by atoms with van der Waals surface area (Å²) < 4.78 is 10.7. The topological polar surface area (TPSA) is 106 Å². The van der Waals surface area contributed by atoms with Crippen LogP contribution in [0.3, 0.4) is 0 Å². The smallest absolute Gasteiger partial charge is 0.326 e. The van der Waals surface area contributed by atoms with E-state index in [1.54, 1.807) is 19.1 Å². The van der Waals surface area contributed by atoms with Gasteiger partial charge in [-0.25, -0.2) is 9.78 Å². The molecule has 7 heteroatoms. The van der Waals surface area contributed by atoms with Crippen LogP contribution in [0.25, 0.3) is 11.7 Å². The van der Waals surface area contributed by atoms with Crippen LogP contribution in [0.15, 0.2) is 27.2 Å². The molecule has 1 aliphatic rings. The molecular formula is C16H18N2O5. The van der Waals surface area contributed by atoms with E-state index in [1.807, 2.05) is 0 Å². The number of nitrogens with zero attached hydrogens (tertiary/aromatic N) is 1. The number of aryl methyl sites for hydroxylation is 1. The summed E-state index contributed by atoms with van der Waals surface area (Å²) >= 11 is 0. The van der Waals surface area contributed by atoms with Gasteiger partial charge in [-0.05, 0) is 31.4 Å². The zero-order valence-electron chi connectivity index (χ0n) is 12.7. The Morgan fingerprint density at radius 3 is 2.87 bits per heavy atom. The highest BCUT2D eigenvalue weighted by molar-refractivity contribution is 5.84. The van der Waals surface area contributed by atoms with Gasteiger partial charge in [-0.2, -0.15) is 0 Å². The zero-order valence-corrected chi connectivity index (χ0v) is 12.7. The van der Waals surface area contributed by atoms with Crippen LogP contribution >= 0.6 is 0 Å². The van der Waals surface area contributed by atoms with Crippen LogP contribution in [-0.2, 0) is 16.0 Å². The van der Waals surface area contributed by atoms with Gasteiger partial charge < -0.3 is 19.3 Å². The summed E-state index contributed by atoms with van der Waals surface area (Å²) in [5.74, 6) is 0.343. The van der Waals surface area contributed by atoms with E-state index in [1.165, 1.54) is 6.26 Å². The van der Waals surface area contributed by atoms with E-state index in [9.17, 15) is 14.7 Å². The van der Waals surface area contributed by atoms with Gasteiger partial charge in [0.2, 0.25) is 5.91 Å². The normalized spacial score (nSPS) is 15.3. The van der Waals surface area contributed by atoms with Crippen LogP contribution in [0.5, 0.6) is 0 Å². The molecule has 0 radical (unpaired) electrons. The Hall–Kier alpha value is -2.57. The number of nitrogens with one attached hydrogen (secondary N) is 1. The van der Waals surface area contributed by atoms with Crippen molar-refractivity contribution in [1.82, 2.24) is 10.3 Å². The number of amides is 1. The van der Waals surface area contributed by atoms with Crippen LogP contribution in [0.4, 0.5) is 0 Å². The molecule has 0 aromatic carbocycles. The monoisotopic (exact) mass is 318 g/mol. The molecule has 1 saturated carbocycles. The minimum Gasteiger partial charge on any atom is -0.480 e. The molecule has 3 rings (SSSR count). The summed E-state index contributed by atoms with van der Waals surface area (Å²) in [6, 6.07) is 2.59. The fraction of sp³-hybridized carbons (Fsp3) is 0.438. The zero-order chi connectivity index (χ0) is 16.4. The minimum absolute atomic E-state index is 0.0233. The first-order valence-corrected chi connectivity index (χ1v) is 7.55. The lowest BCUT2D eigenvalue weighted by Gasteiger charge is -2.13. The first-order valence-electron chi connectivity index (χ1n) is 7.55. The lowest BCUT2D eigenvalue weighted by molar-refractivity contribution is -0.142. The maximum Gasteiger partial charge on any atom is 0.326 e. The van der Waals surface area contributed by atoms with E-state index in [4.69, 9.17) is 8.83 Å². The van der Waals surface area contributed by atoms with Crippen LogP contribution in [0.1, 0.15) is 30.7 Å². The Morgan fingerprint density at radius 2 is 2.26 bits per heavy atom. The fourth-order valence-electron chi connectivity index (χ4n) is 2.40. The number of carboxylic acids is 1. The van der Waals surface area contributed by atoms with Crippen molar-refractivity contribution in [3.63, 3.8) is 0 Å². The molecular weight excluding hydrogens is 300 g/mol. The second-order valence-electron chi connectivity index (χ2n) is 5.81. The highest BCUT2D eigenvalue weighted by Crippen LogP contribution is 2.33. The van der Waals surface area contributed by atoms with E-state index in [-0.39, 0.29) is 12.3 Å². The number of carboxylic acid groups (broad SMARTS) is 1. The molecule has 0 saturated heterocycles. The highest BCUT2D eigenvalue weighted by Gasteiger charge is 2.30. The van der Waals surface area contributed by atoms with Crippen molar-refractivity contribution in [2.45, 2.75) is 38.6 Å². The maximum atomic E-state index is 12.1. The molecule has 122 valence electrons. The number of hydrogen-bond acceptors (Lipinski definition) is 5. The Balaban J connectivity index is 1.64. The molecule has 2 N–H and O–H groups in total. The second kappa shape index (κ2) is 6.28. The minimum atomic E-state index is -1.00. The van der Waals surface area contributed by atoms with Crippen LogP contribution < -0.4 is 5.32 Å². The SMILES string of the molecule is Cc1oc(-c2ccco2)nc1CC(=O)NC(CC1CC1)C(=O)O. The van der Waals surface area contributed by atoms with E-state index in [0.29, 0.717) is 35.4 Å². The van der Waals surface area contributed by atoms with Crippen molar-refractivity contribution in [3.05, 3.63) is 29.9 Å². The predicted molar refractivity (Wildman–Crippen MR) is 79.6 cm³/mol. The molecule has 0 bridgehead atoms. The second-order valence-corrected chi connectivity index (χ2v) is 5.81. The summed E-state index contributed by atoms with van der Waals surface area (Å²) in [5, 5.41) is 11.8. The number of hydrogen-bond donors (Lipinski definition) is 2. The molecule has 1 aliphatic carbocycles. The van der Waals surface area contributed by atoms with E-state index in [0.717, 1.165) is 12.8 Å².